The Morgan fingerprint density at radius 1 is 0.882 bits per heavy atom. The number of nitrogens with one attached hydrogen (secondary N) is 3. The summed E-state index contributed by atoms with van der Waals surface area (Å²) in [5, 5.41) is 5.67. The molecule has 178 valence electrons. The molecule has 0 saturated heterocycles. The van der Waals surface area contributed by atoms with Gasteiger partial charge in [0.05, 0.1) is 4.90 Å². The van der Waals surface area contributed by atoms with E-state index < -0.39 is 10.0 Å². The molecule has 0 fully saturated rings. The van der Waals surface area contributed by atoms with Crippen molar-refractivity contribution in [1.82, 2.24) is 5.32 Å². The summed E-state index contributed by atoms with van der Waals surface area (Å²) in [7, 11) is -3.76. The Morgan fingerprint density at radius 3 is 2.21 bits per heavy atom. The highest BCUT2D eigenvalue weighted by Gasteiger charge is 2.15. The van der Waals surface area contributed by atoms with Crippen molar-refractivity contribution < 1.29 is 18.0 Å². The molecule has 0 heterocycles. The van der Waals surface area contributed by atoms with E-state index in [1.165, 1.54) is 24.3 Å². The van der Waals surface area contributed by atoms with Gasteiger partial charge in [0.2, 0.25) is 5.91 Å². The molecule has 3 aromatic rings. The fourth-order valence-electron chi connectivity index (χ4n) is 3.25. The Kier molecular flexibility index (Phi) is 8.07. The van der Waals surface area contributed by atoms with Crippen LogP contribution in [-0.2, 0) is 21.4 Å². The van der Waals surface area contributed by atoms with Gasteiger partial charge < -0.3 is 10.6 Å². The molecule has 8 heteroatoms. The number of benzene rings is 3. The van der Waals surface area contributed by atoms with Crippen LogP contribution in [0.2, 0.25) is 0 Å². The van der Waals surface area contributed by atoms with Gasteiger partial charge in [-0.15, -0.1) is 0 Å². The second-order valence-corrected chi connectivity index (χ2v) is 10.2. The normalized spacial score (nSPS) is 11.2. The summed E-state index contributed by atoms with van der Waals surface area (Å²) in [6.45, 7) is 6.15. The maximum atomic E-state index is 12.6. The summed E-state index contributed by atoms with van der Waals surface area (Å²) in [6.07, 6.45) is 0.438. The fraction of sp³-hybridized carbons (Fsp3) is 0.231. The molecule has 0 aliphatic rings. The molecule has 0 aliphatic heterocycles. The minimum Gasteiger partial charge on any atom is -0.348 e. The first kappa shape index (κ1) is 25.0. The van der Waals surface area contributed by atoms with E-state index in [1.54, 1.807) is 18.2 Å². The zero-order chi connectivity index (χ0) is 24.7. The van der Waals surface area contributed by atoms with Crippen molar-refractivity contribution in [3.05, 3.63) is 89.5 Å². The van der Waals surface area contributed by atoms with Crippen molar-refractivity contribution >= 4 is 33.2 Å². The molecule has 3 aromatic carbocycles. The van der Waals surface area contributed by atoms with Gasteiger partial charge in [-0.05, 0) is 66.9 Å². The van der Waals surface area contributed by atoms with E-state index in [0.717, 1.165) is 11.1 Å². The van der Waals surface area contributed by atoms with Gasteiger partial charge in [-0.1, -0.05) is 43.7 Å². The lowest BCUT2D eigenvalue weighted by Gasteiger charge is -2.11. The number of sulfonamides is 1. The van der Waals surface area contributed by atoms with E-state index in [2.05, 4.69) is 15.4 Å². The number of aryl methyl sites for hydroxylation is 1. The lowest BCUT2D eigenvalue weighted by Crippen LogP contribution is -2.23. The summed E-state index contributed by atoms with van der Waals surface area (Å²) in [5.74, 6) is -0.116. The predicted octanol–water partition coefficient (Wildman–Crippen LogP) is 4.71. The smallest absolute Gasteiger partial charge is 0.261 e. The van der Waals surface area contributed by atoms with Gasteiger partial charge in [-0.25, -0.2) is 8.42 Å². The van der Waals surface area contributed by atoms with Gasteiger partial charge in [0.15, 0.2) is 0 Å². The minimum absolute atomic E-state index is 0.0527. The Labute approximate surface area is 200 Å². The number of carbonyl (C=O) groups is 2. The second kappa shape index (κ2) is 11.0. The van der Waals surface area contributed by atoms with E-state index in [4.69, 9.17) is 0 Å². The van der Waals surface area contributed by atoms with Crippen LogP contribution < -0.4 is 15.4 Å². The molecule has 0 bridgehead atoms. The lowest BCUT2D eigenvalue weighted by molar-refractivity contribution is -0.116. The molecule has 0 unspecified atom stereocenters. The van der Waals surface area contributed by atoms with Gasteiger partial charge in [0.25, 0.3) is 15.9 Å². The van der Waals surface area contributed by atoms with Crippen LogP contribution in [0.3, 0.4) is 0 Å². The third-order valence-electron chi connectivity index (χ3n) is 4.99. The van der Waals surface area contributed by atoms with Crippen LogP contribution in [0.15, 0.2) is 77.7 Å². The van der Waals surface area contributed by atoms with Crippen molar-refractivity contribution in [3.8, 4) is 0 Å². The van der Waals surface area contributed by atoms with E-state index in [0.29, 0.717) is 23.4 Å². The molecule has 0 atom stereocenters. The quantitative estimate of drug-likeness (QED) is 0.413. The zero-order valence-electron chi connectivity index (χ0n) is 19.5. The lowest BCUT2D eigenvalue weighted by atomic mass is 10.1. The molecule has 2 amide bonds. The molecule has 34 heavy (non-hydrogen) atoms. The number of rotatable bonds is 9. The molecule has 3 N–H and O–H groups in total. The topological polar surface area (TPSA) is 104 Å². The Morgan fingerprint density at radius 2 is 1.56 bits per heavy atom. The van der Waals surface area contributed by atoms with E-state index >= 15 is 0 Å². The van der Waals surface area contributed by atoms with Gasteiger partial charge in [-0.3, -0.25) is 14.3 Å². The molecular weight excluding hydrogens is 450 g/mol. The van der Waals surface area contributed by atoms with E-state index in [-0.39, 0.29) is 29.2 Å². The SMILES string of the molecule is Cc1ccc(NS(=O)(=O)c2ccc(C(=O)NCc3cccc(NC(=O)CC(C)C)c3)cc2)cc1. The third-order valence-corrected chi connectivity index (χ3v) is 6.39. The highest BCUT2D eigenvalue weighted by atomic mass is 32.2. The van der Waals surface area contributed by atoms with Crippen molar-refractivity contribution in [1.29, 1.82) is 0 Å². The fourth-order valence-corrected chi connectivity index (χ4v) is 4.31. The highest BCUT2D eigenvalue weighted by Crippen LogP contribution is 2.18. The van der Waals surface area contributed by atoms with Gasteiger partial charge >= 0.3 is 0 Å². The molecule has 0 aromatic heterocycles. The summed E-state index contributed by atoms with van der Waals surface area (Å²) in [5.41, 5.74) is 3.34. The number of anilines is 2. The van der Waals surface area contributed by atoms with Crippen LogP contribution in [0.4, 0.5) is 11.4 Å². The minimum atomic E-state index is -3.76. The summed E-state index contributed by atoms with van der Waals surface area (Å²) < 4.78 is 27.7. The van der Waals surface area contributed by atoms with Crippen molar-refractivity contribution in [3.63, 3.8) is 0 Å². The molecule has 0 spiro atoms. The summed E-state index contributed by atoms with van der Waals surface area (Å²) >= 11 is 0. The van der Waals surface area contributed by atoms with Gasteiger partial charge in [-0.2, -0.15) is 0 Å². The van der Waals surface area contributed by atoms with Crippen LogP contribution in [0.25, 0.3) is 0 Å². The van der Waals surface area contributed by atoms with E-state index in [1.807, 2.05) is 51.1 Å². The Balaban J connectivity index is 1.59. The number of hydrogen-bond acceptors (Lipinski definition) is 4. The summed E-state index contributed by atoms with van der Waals surface area (Å²) in [4.78, 5) is 24.6. The van der Waals surface area contributed by atoms with E-state index in [9.17, 15) is 18.0 Å². The van der Waals surface area contributed by atoms with Crippen molar-refractivity contribution in [2.45, 2.75) is 38.6 Å². The first-order valence-electron chi connectivity index (χ1n) is 11.0. The number of amides is 2. The highest BCUT2D eigenvalue weighted by molar-refractivity contribution is 7.92. The maximum Gasteiger partial charge on any atom is 0.261 e. The van der Waals surface area contributed by atoms with Crippen molar-refractivity contribution in [2.24, 2.45) is 5.92 Å². The molecule has 0 radical (unpaired) electrons. The largest absolute Gasteiger partial charge is 0.348 e. The predicted molar refractivity (Wildman–Crippen MR) is 134 cm³/mol. The zero-order valence-corrected chi connectivity index (χ0v) is 20.3. The number of carbonyl (C=O) groups excluding carboxylic acids is 2. The molecule has 3 rings (SSSR count). The van der Waals surface area contributed by atoms with Gasteiger partial charge in [0, 0.05) is 29.9 Å². The summed E-state index contributed by atoms with van der Waals surface area (Å²) in [6, 6.07) is 20.0. The van der Waals surface area contributed by atoms with Gasteiger partial charge in [0.1, 0.15) is 0 Å². The van der Waals surface area contributed by atoms with Crippen molar-refractivity contribution in [2.75, 3.05) is 10.0 Å². The Bertz CT molecular complexity index is 1250. The Hall–Kier alpha value is -3.65. The maximum absolute atomic E-state index is 12.6. The molecule has 0 saturated carbocycles. The standard InChI is InChI=1S/C26H29N3O4S/c1-18(2)15-25(30)28-23-6-4-5-20(16-23)17-27-26(31)21-9-13-24(14-10-21)34(32,33)29-22-11-7-19(3)8-12-22/h4-14,16,18,29H,15,17H2,1-3H3,(H,27,31)(H,28,30). The monoisotopic (exact) mass is 479 g/mol. The number of hydrogen-bond donors (Lipinski definition) is 3. The average Bonchev–Trinajstić information content (AvgIpc) is 2.78. The van der Waals surface area contributed by atoms with Crippen LogP contribution in [0, 0.1) is 12.8 Å². The van der Waals surface area contributed by atoms with Crippen LogP contribution in [0.5, 0.6) is 0 Å². The van der Waals surface area contributed by atoms with Crippen LogP contribution >= 0.6 is 0 Å². The van der Waals surface area contributed by atoms with Crippen LogP contribution in [-0.4, -0.2) is 20.2 Å². The molecule has 0 aliphatic carbocycles. The molecule has 7 nitrogen and oxygen atoms in total. The average molecular weight is 480 g/mol. The van der Waals surface area contributed by atoms with Crippen LogP contribution in [0.1, 0.15) is 41.8 Å². The first-order valence-corrected chi connectivity index (χ1v) is 12.5. The molecular formula is C26H29N3O4S. The third kappa shape index (κ3) is 7.18. The second-order valence-electron chi connectivity index (χ2n) is 8.53. The first-order chi connectivity index (χ1) is 16.1.